The summed E-state index contributed by atoms with van der Waals surface area (Å²) in [7, 11) is 1.18. The third-order valence-corrected chi connectivity index (χ3v) is 6.40. The standard InChI is InChI=1S/C31H35N5O7/c1-21(2)27(35-30(41)43-20-22-12-6-4-7-13-22)28(39)33-18-25(37)36-31(23-14-8-5-9-15-23,24-16-10-11-17-32-24)29(40)34-19-26(38)42-3/h4-17,21,27H,18-20H2,1-3H3,(H,33,39)(H,34,40)(H,35,41)(H,36,37)/t27-,31-/m0/s1. The fourth-order valence-electron chi connectivity index (χ4n) is 4.18. The van der Waals surface area contributed by atoms with Crippen molar-refractivity contribution in [3.05, 3.63) is 102 Å². The third kappa shape index (κ3) is 8.86. The molecule has 2 aromatic carbocycles. The predicted octanol–water partition coefficient (Wildman–Crippen LogP) is 1.80. The van der Waals surface area contributed by atoms with Gasteiger partial charge in [0.1, 0.15) is 19.2 Å². The molecule has 3 aromatic rings. The van der Waals surface area contributed by atoms with Crippen LogP contribution in [0.1, 0.15) is 30.7 Å². The van der Waals surface area contributed by atoms with E-state index >= 15 is 0 Å². The molecule has 12 nitrogen and oxygen atoms in total. The molecular weight excluding hydrogens is 554 g/mol. The maximum Gasteiger partial charge on any atom is 0.408 e. The Kier molecular flexibility index (Phi) is 11.7. The zero-order valence-electron chi connectivity index (χ0n) is 24.2. The minimum atomic E-state index is -1.87. The highest BCUT2D eigenvalue weighted by molar-refractivity contribution is 5.98. The lowest BCUT2D eigenvalue weighted by Gasteiger charge is -2.33. The van der Waals surface area contributed by atoms with Crippen molar-refractivity contribution in [2.75, 3.05) is 20.2 Å². The molecule has 43 heavy (non-hydrogen) atoms. The van der Waals surface area contributed by atoms with E-state index in [2.05, 4.69) is 31.0 Å². The maximum atomic E-state index is 13.7. The first-order valence-corrected chi connectivity index (χ1v) is 13.6. The van der Waals surface area contributed by atoms with Crippen molar-refractivity contribution in [1.82, 2.24) is 26.3 Å². The van der Waals surface area contributed by atoms with Crippen LogP contribution in [0.15, 0.2) is 85.1 Å². The normalized spacial score (nSPS) is 12.7. The van der Waals surface area contributed by atoms with Gasteiger partial charge < -0.3 is 30.7 Å². The number of nitrogens with zero attached hydrogens (tertiary/aromatic N) is 1. The Morgan fingerprint density at radius 3 is 2.09 bits per heavy atom. The Balaban J connectivity index is 1.76. The summed E-state index contributed by atoms with van der Waals surface area (Å²) < 4.78 is 9.86. The second-order valence-electron chi connectivity index (χ2n) is 9.78. The number of aromatic nitrogens is 1. The first-order chi connectivity index (χ1) is 20.7. The molecule has 0 bridgehead atoms. The number of nitrogens with one attached hydrogen (secondary N) is 4. The molecule has 4 amide bonds. The number of hydrogen-bond acceptors (Lipinski definition) is 8. The van der Waals surface area contributed by atoms with E-state index in [9.17, 15) is 24.0 Å². The number of rotatable bonds is 13. The Labute approximate surface area is 249 Å². The minimum absolute atomic E-state index is 0.0225. The van der Waals surface area contributed by atoms with Crippen molar-refractivity contribution < 1.29 is 33.4 Å². The van der Waals surface area contributed by atoms with Gasteiger partial charge in [-0.1, -0.05) is 80.6 Å². The highest BCUT2D eigenvalue weighted by Gasteiger charge is 2.45. The van der Waals surface area contributed by atoms with Gasteiger partial charge in [-0.15, -0.1) is 0 Å². The lowest BCUT2D eigenvalue weighted by molar-refractivity contribution is -0.142. The molecule has 0 fully saturated rings. The molecule has 3 rings (SSSR count). The van der Waals surface area contributed by atoms with E-state index in [0.717, 1.165) is 5.56 Å². The lowest BCUT2D eigenvalue weighted by atomic mass is 9.84. The third-order valence-electron chi connectivity index (χ3n) is 6.40. The number of ether oxygens (including phenoxy) is 2. The highest BCUT2D eigenvalue weighted by atomic mass is 16.5. The molecule has 0 aliphatic carbocycles. The largest absolute Gasteiger partial charge is 0.468 e. The van der Waals surface area contributed by atoms with Gasteiger partial charge in [0.15, 0.2) is 5.54 Å². The number of benzene rings is 2. The first-order valence-electron chi connectivity index (χ1n) is 13.6. The van der Waals surface area contributed by atoms with Gasteiger partial charge in [-0.2, -0.15) is 0 Å². The van der Waals surface area contributed by atoms with Gasteiger partial charge in [-0.3, -0.25) is 24.2 Å². The molecule has 4 N–H and O–H groups in total. The minimum Gasteiger partial charge on any atom is -0.468 e. The SMILES string of the molecule is COC(=O)CNC(=O)[C@](NC(=O)CNC(=O)[C@@H](NC(=O)OCc1ccccc1)C(C)C)(c1ccccc1)c1ccccn1. The number of alkyl carbamates (subject to hydrolysis) is 1. The molecule has 1 aromatic heterocycles. The van der Waals surface area contributed by atoms with Crippen LogP contribution in [-0.4, -0.2) is 61.0 Å². The number of carbonyl (C=O) groups excluding carboxylic acids is 5. The molecular formula is C31H35N5O7. The van der Waals surface area contributed by atoms with Crippen molar-refractivity contribution in [3.63, 3.8) is 0 Å². The van der Waals surface area contributed by atoms with Crippen LogP contribution >= 0.6 is 0 Å². The van der Waals surface area contributed by atoms with E-state index in [1.807, 2.05) is 18.2 Å². The van der Waals surface area contributed by atoms with Crippen LogP contribution in [0, 0.1) is 5.92 Å². The number of amides is 4. The van der Waals surface area contributed by atoms with Crippen molar-refractivity contribution in [1.29, 1.82) is 0 Å². The number of carbonyl (C=O) groups is 5. The quantitative estimate of drug-likeness (QED) is 0.219. The second kappa shape index (κ2) is 15.7. The Bertz CT molecular complexity index is 1350. The summed E-state index contributed by atoms with van der Waals surface area (Å²) in [5.74, 6) is -3.13. The molecule has 0 radical (unpaired) electrons. The molecule has 0 aliphatic heterocycles. The van der Waals surface area contributed by atoms with Crippen LogP contribution < -0.4 is 21.3 Å². The Morgan fingerprint density at radius 2 is 1.49 bits per heavy atom. The summed E-state index contributed by atoms with van der Waals surface area (Å²) in [5.41, 5.74) is -0.551. The summed E-state index contributed by atoms with van der Waals surface area (Å²) in [6, 6.07) is 21.3. The average Bonchev–Trinajstić information content (AvgIpc) is 3.03. The van der Waals surface area contributed by atoms with E-state index in [-0.39, 0.29) is 18.2 Å². The average molecular weight is 590 g/mol. The molecule has 0 saturated heterocycles. The fourth-order valence-corrected chi connectivity index (χ4v) is 4.18. The summed E-state index contributed by atoms with van der Waals surface area (Å²) in [6.07, 6.45) is 0.673. The van der Waals surface area contributed by atoms with Gasteiger partial charge in [0.2, 0.25) is 11.8 Å². The molecule has 1 heterocycles. The molecule has 226 valence electrons. The van der Waals surface area contributed by atoms with Crippen LogP contribution in [-0.2, 0) is 40.8 Å². The number of hydrogen-bond donors (Lipinski definition) is 4. The number of methoxy groups -OCH3 is 1. The Hall–Kier alpha value is -5.26. The topological polar surface area (TPSA) is 165 Å². The summed E-state index contributed by atoms with van der Waals surface area (Å²) >= 11 is 0. The first kappa shape index (κ1) is 32.3. The van der Waals surface area contributed by atoms with Crippen molar-refractivity contribution in [3.8, 4) is 0 Å². The van der Waals surface area contributed by atoms with E-state index in [1.54, 1.807) is 74.5 Å². The predicted molar refractivity (Wildman–Crippen MR) is 156 cm³/mol. The summed E-state index contributed by atoms with van der Waals surface area (Å²) in [6.45, 7) is 2.50. The van der Waals surface area contributed by atoms with Crippen LogP contribution in [0.5, 0.6) is 0 Å². The van der Waals surface area contributed by atoms with Gasteiger partial charge in [0.05, 0.1) is 19.3 Å². The monoisotopic (exact) mass is 589 g/mol. The molecule has 12 heteroatoms. The van der Waals surface area contributed by atoms with Gasteiger partial charge >= 0.3 is 12.1 Å². The zero-order chi connectivity index (χ0) is 31.2. The van der Waals surface area contributed by atoms with Gasteiger partial charge in [0, 0.05) is 6.20 Å². The van der Waals surface area contributed by atoms with Crippen LogP contribution in [0.25, 0.3) is 0 Å². The van der Waals surface area contributed by atoms with E-state index in [0.29, 0.717) is 5.56 Å². The number of pyridine rings is 1. The van der Waals surface area contributed by atoms with E-state index in [4.69, 9.17) is 4.74 Å². The number of esters is 1. The van der Waals surface area contributed by atoms with E-state index < -0.39 is 54.5 Å². The van der Waals surface area contributed by atoms with Gasteiger partial charge in [-0.25, -0.2) is 4.79 Å². The highest BCUT2D eigenvalue weighted by Crippen LogP contribution is 2.29. The van der Waals surface area contributed by atoms with Crippen molar-refractivity contribution in [2.45, 2.75) is 32.0 Å². The van der Waals surface area contributed by atoms with Gasteiger partial charge in [-0.05, 0) is 29.2 Å². The molecule has 0 unspecified atom stereocenters. The van der Waals surface area contributed by atoms with Crippen LogP contribution in [0.2, 0.25) is 0 Å². The second-order valence-corrected chi connectivity index (χ2v) is 9.78. The van der Waals surface area contributed by atoms with Crippen molar-refractivity contribution in [2.24, 2.45) is 5.92 Å². The lowest BCUT2D eigenvalue weighted by Crippen LogP contribution is -2.60. The Morgan fingerprint density at radius 1 is 0.837 bits per heavy atom. The fraction of sp³-hybridized carbons (Fsp3) is 0.290. The van der Waals surface area contributed by atoms with Gasteiger partial charge in [0.25, 0.3) is 5.91 Å². The maximum absolute atomic E-state index is 13.7. The van der Waals surface area contributed by atoms with Crippen LogP contribution in [0.3, 0.4) is 0 Å². The molecule has 0 saturated carbocycles. The zero-order valence-corrected chi connectivity index (χ0v) is 24.2. The molecule has 2 atom stereocenters. The van der Waals surface area contributed by atoms with Crippen molar-refractivity contribution >= 4 is 29.8 Å². The molecule has 0 spiro atoms. The smallest absolute Gasteiger partial charge is 0.408 e. The summed E-state index contributed by atoms with van der Waals surface area (Å²) in [4.78, 5) is 68.6. The molecule has 0 aliphatic rings. The summed E-state index contributed by atoms with van der Waals surface area (Å²) in [5, 5.41) is 10.3. The van der Waals surface area contributed by atoms with Crippen LogP contribution in [0.4, 0.5) is 4.79 Å². The van der Waals surface area contributed by atoms with E-state index in [1.165, 1.54) is 13.3 Å².